The van der Waals surface area contributed by atoms with Crippen LogP contribution in [0.4, 0.5) is 0 Å². The van der Waals surface area contributed by atoms with Gasteiger partial charge in [0, 0.05) is 0 Å². The third kappa shape index (κ3) is 5.44. The van der Waals surface area contributed by atoms with E-state index in [2.05, 4.69) is 5.92 Å². The van der Waals surface area contributed by atoms with Crippen LogP contribution in [0.5, 0.6) is 0 Å². The summed E-state index contributed by atoms with van der Waals surface area (Å²) in [6, 6.07) is 0. The number of rotatable bonds is 7. The molecule has 0 rings (SSSR count). The van der Waals surface area contributed by atoms with E-state index in [0.717, 1.165) is 12.8 Å². The Labute approximate surface area is 86.7 Å². The van der Waals surface area contributed by atoms with E-state index in [1.54, 1.807) is 13.8 Å². The molecule has 14 heavy (non-hydrogen) atoms. The molecule has 0 spiro atoms. The zero-order valence-corrected chi connectivity index (χ0v) is 10.0. The fraction of sp³-hybridized carbons (Fsp3) is 0.800. The lowest BCUT2D eigenvalue weighted by Gasteiger charge is -2.19. The van der Waals surface area contributed by atoms with E-state index in [1.807, 2.05) is 6.92 Å². The van der Waals surface area contributed by atoms with Gasteiger partial charge in [-0.25, -0.2) is 0 Å². The standard InChI is InChI=1S/C10H19O3P/c1-5-8-9-14(11,12-7-3)13-10(4)6-2/h2,10H,5,7-9H2,1,3-4H3. The topological polar surface area (TPSA) is 35.5 Å². The van der Waals surface area contributed by atoms with Crippen molar-refractivity contribution in [2.45, 2.75) is 39.7 Å². The zero-order chi connectivity index (χ0) is 11.0. The molecule has 0 aliphatic carbocycles. The number of hydrogen-bond acceptors (Lipinski definition) is 3. The van der Waals surface area contributed by atoms with Crippen molar-refractivity contribution >= 4 is 7.60 Å². The van der Waals surface area contributed by atoms with Gasteiger partial charge in [-0.05, 0) is 20.3 Å². The molecule has 0 aromatic heterocycles. The van der Waals surface area contributed by atoms with Crippen molar-refractivity contribution in [1.82, 2.24) is 0 Å². The first kappa shape index (κ1) is 13.7. The van der Waals surface area contributed by atoms with Crippen LogP contribution < -0.4 is 0 Å². The molecule has 0 N–H and O–H groups in total. The third-order valence-corrected chi connectivity index (χ3v) is 3.82. The summed E-state index contributed by atoms with van der Waals surface area (Å²) >= 11 is 0. The maximum Gasteiger partial charge on any atom is 0.331 e. The van der Waals surface area contributed by atoms with Crippen LogP contribution in [0.3, 0.4) is 0 Å². The van der Waals surface area contributed by atoms with Gasteiger partial charge in [-0.1, -0.05) is 19.3 Å². The number of terminal acetylenes is 1. The van der Waals surface area contributed by atoms with E-state index in [1.165, 1.54) is 0 Å². The van der Waals surface area contributed by atoms with Crippen molar-refractivity contribution in [3.63, 3.8) is 0 Å². The molecule has 0 bridgehead atoms. The molecular weight excluding hydrogens is 199 g/mol. The monoisotopic (exact) mass is 218 g/mol. The Balaban J connectivity index is 4.25. The lowest BCUT2D eigenvalue weighted by atomic mass is 10.4. The molecule has 0 aromatic carbocycles. The summed E-state index contributed by atoms with van der Waals surface area (Å²) in [7, 11) is -2.95. The van der Waals surface area contributed by atoms with Crippen molar-refractivity contribution in [2.24, 2.45) is 0 Å². The van der Waals surface area contributed by atoms with Gasteiger partial charge in [0.1, 0.15) is 6.10 Å². The second kappa shape index (κ2) is 7.06. The molecule has 2 atom stereocenters. The van der Waals surface area contributed by atoms with E-state index in [0.29, 0.717) is 12.8 Å². The Morgan fingerprint density at radius 1 is 1.50 bits per heavy atom. The number of hydrogen-bond donors (Lipinski definition) is 0. The van der Waals surface area contributed by atoms with Crippen LogP contribution in [-0.4, -0.2) is 18.9 Å². The summed E-state index contributed by atoms with van der Waals surface area (Å²) in [6.45, 7) is 5.90. The molecule has 82 valence electrons. The second-order valence-electron chi connectivity index (χ2n) is 3.02. The van der Waals surface area contributed by atoms with Gasteiger partial charge < -0.3 is 4.52 Å². The highest BCUT2D eigenvalue weighted by Gasteiger charge is 2.25. The fourth-order valence-corrected chi connectivity index (χ4v) is 2.90. The first-order valence-corrected chi connectivity index (χ1v) is 6.69. The van der Waals surface area contributed by atoms with Crippen LogP contribution in [0.2, 0.25) is 0 Å². The van der Waals surface area contributed by atoms with E-state index in [4.69, 9.17) is 15.5 Å². The molecule has 0 heterocycles. The quantitative estimate of drug-likeness (QED) is 0.486. The zero-order valence-electron chi connectivity index (χ0n) is 9.16. The fourth-order valence-electron chi connectivity index (χ4n) is 0.967. The van der Waals surface area contributed by atoms with Gasteiger partial charge in [-0.15, -0.1) is 6.42 Å². The Bertz CT molecular complexity index is 232. The van der Waals surface area contributed by atoms with Gasteiger partial charge in [0.25, 0.3) is 0 Å². The highest BCUT2D eigenvalue weighted by molar-refractivity contribution is 7.53. The molecule has 0 saturated carbocycles. The van der Waals surface area contributed by atoms with Gasteiger partial charge in [-0.3, -0.25) is 9.09 Å². The molecule has 0 aliphatic rings. The molecule has 0 saturated heterocycles. The lowest BCUT2D eigenvalue weighted by Crippen LogP contribution is -2.07. The van der Waals surface area contributed by atoms with Crippen molar-refractivity contribution in [2.75, 3.05) is 12.8 Å². The van der Waals surface area contributed by atoms with Gasteiger partial charge in [0.05, 0.1) is 12.8 Å². The largest absolute Gasteiger partial charge is 0.331 e. The molecule has 0 aromatic rings. The molecule has 0 amide bonds. The van der Waals surface area contributed by atoms with Crippen LogP contribution in [0.15, 0.2) is 0 Å². The van der Waals surface area contributed by atoms with Crippen molar-refractivity contribution in [3.8, 4) is 12.3 Å². The molecule has 3 nitrogen and oxygen atoms in total. The predicted octanol–water partition coefficient (Wildman–Crippen LogP) is 3.05. The normalized spacial score (nSPS) is 17.0. The Kier molecular flexibility index (Phi) is 6.92. The van der Waals surface area contributed by atoms with Crippen molar-refractivity contribution in [3.05, 3.63) is 0 Å². The minimum atomic E-state index is -2.95. The molecule has 4 heteroatoms. The molecule has 0 aliphatic heterocycles. The van der Waals surface area contributed by atoms with Crippen LogP contribution >= 0.6 is 7.60 Å². The summed E-state index contributed by atoms with van der Waals surface area (Å²) < 4.78 is 22.4. The van der Waals surface area contributed by atoms with Gasteiger partial charge >= 0.3 is 7.60 Å². The van der Waals surface area contributed by atoms with E-state index < -0.39 is 13.7 Å². The van der Waals surface area contributed by atoms with E-state index in [-0.39, 0.29) is 0 Å². The molecule has 0 radical (unpaired) electrons. The minimum Gasteiger partial charge on any atom is -0.309 e. The van der Waals surface area contributed by atoms with Gasteiger partial charge in [-0.2, -0.15) is 0 Å². The maximum atomic E-state index is 12.0. The summed E-state index contributed by atoms with van der Waals surface area (Å²) in [6.07, 6.45) is 6.94. The Hall–Kier alpha value is -0.290. The average Bonchev–Trinajstić information content (AvgIpc) is 2.15. The van der Waals surface area contributed by atoms with Crippen LogP contribution in [0, 0.1) is 12.3 Å². The minimum absolute atomic E-state index is 0.387. The first-order valence-electron chi connectivity index (χ1n) is 4.96. The summed E-state index contributed by atoms with van der Waals surface area (Å²) in [5, 5.41) is 0. The van der Waals surface area contributed by atoms with E-state index >= 15 is 0 Å². The summed E-state index contributed by atoms with van der Waals surface area (Å²) in [5.41, 5.74) is 0. The summed E-state index contributed by atoms with van der Waals surface area (Å²) in [5.74, 6) is 2.38. The summed E-state index contributed by atoms with van der Waals surface area (Å²) in [4.78, 5) is 0. The first-order chi connectivity index (χ1) is 6.58. The molecule has 0 fully saturated rings. The average molecular weight is 218 g/mol. The van der Waals surface area contributed by atoms with E-state index in [9.17, 15) is 4.57 Å². The van der Waals surface area contributed by atoms with Crippen molar-refractivity contribution in [1.29, 1.82) is 0 Å². The SMILES string of the molecule is C#CC(C)OP(=O)(CCCC)OCC. The Morgan fingerprint density at radius 3 is 2.57 bits per heavy atom. The smallest absolute Gasteiger partial charge is 0.309 e. The van der Waals surface area contributed by atoms with Gasteiger partial charge in [0.2, 0.25) is 0 Å². The maximum absolute atomic E-state index is 12.0. The molecule has 2 unspecified atom stereocenters. The Morgan fingerprint density at radius 2 is 2.14 bits per heavy atom. The third-order valence-electron chi connectivity index (χ3n) is 1.66. The lowest BCUT2D eigenvalue weighted by molar-refractivity contribution is 0.192. The van der Waals surface area contributed by atoms with Crippen LogP contribution in [0.25, 0.3) is 0 Å². The molecular formula is C10H19O3P. The van der Waals surface area contributed by atoms with Gasteiger partial charge in [0.15, 0.2) is 0 Å². The highest BCUT2D eigenvalue weighted by Crippen LogP contribution is 2.49. The van der Waals surface area contributed by atoms with Crippen molar-refractivity contribution < 1.29 is 13.6 Å². The second-order valence-corrected chi connectivity index (χ2v) is 5.16. The van der Waals surface area contributed by atoms with Crippen LogP contribution in [-0.2, 0) is 13.6 Å². The van der Waals surface area contributed by atoms with Crippen LogP contribution in [0.1, 0.15) is 33.6 Å². The highest BCUT2D eigenvalue weighted by atomic mass is 31.2. The number of unbranched alkanes of at least 4 members (excludes halogenated alkanes) is 1. The predicted molar refractivity (Wildman–Crippen MR) is 58.4 cm³/mol.